The third-order valence-corrected chi connectivity index (χ3v) is 16.6. The van der Waals surface area contributed by atoms with Gasteiger partial charge in [-0.2, -0.15) is 0 Å². The van der Waals surface area contributed by atoms with Crippen molar-refractivity contribution in [3.63, 3.8) is 0 Å². The monoisotopic (exact) mass is 933 g/mol. The minimum atomic E-state index is -0.210. The minimum Gasteiger partial charge on any atom is -0.310 e. The van der Waals surface area contributed by atoms with Crippen molar-refractivity contribution in [2.45, 2.75) is 38.5 Å². The average Bonchev–Trinajstić information content (AvgIpc) is 4.09. The molecule has 0 atom stereocenters. The molecule has 0 saturated carbocycles. The van der Waals surface area contributed by atoms with Crippen LogP contribution in [0.4, 0.5) is 17.1 Å². The Bertz CT molecular complexity index is 4410. The molecule has 2 aliphatic carbocycles. The number of hydrogen-bond acceptors (Lipinski definition) is 1. The van der Waals surface area contributed by atoms with Crippen LogP contribution in [0.1, 0.15) is 49.9 Å². The van der Waals surface area contributed by atoms with Crippen LogP contribution in [0.15, 0.2) is 237 Å². The van der Waals surface area contributed by atoms with E-state index in [9.17, 15) is 0 Å². The summed E-state index contributed by atoms with van der Waals surface area (Å²) in [4.78, 5) is 2.48. The molecule has 0 fully saturated rings. The van der Waals surface area contributed by atoms with Crippen LogP contribution >= 0.6 is 0 Å². The zero-order valence-corrected chi connectivity index (χ0v) is 41.4. The minimum absolute atomic E-state index is 0.0947. The van der Waals surface area contributed by atoms with Gasteiger partial charge in [0.05, 0.1) is 27.8 Å². The van der Waals surface area contributed by atoms with E-state index >= 15 is 0 Å². The average molecular weight is 934 g/mol. The predicted octanol–water partition coefficient (Wildman–Crippen LogP) is 18.8. The third-order valence-electron chi connectivity index (χ3n) is 16.6. The first-order valence-corrected chi connectivity index (χ1v) is 25.7. The highest BCUT2D eigenvalue weighted by molar-refractivity contribution is 6.14. The summed E-state index contributed by atoms with van der Waals surface area (Å²) in [6, 6.07) is 88.3. The lowest BCUT2D eigenvalue weighted by Gasteiger charge is -2.32. The smallest absolute Gasteiger partial charge is 0.0547 e. The fourth-order valence-corrected chi connectivity index (χ4v) is 13.2. The lowest BCUT2D eigenvalue weighted by Crippen LogP contribution is -2.20. The van der Waals surface area contributed by atoms with Crippen molar-refractivity contribution in [3.8, 4) is 44.8 Å². The van der Waals surface area contributed by atoms with E-state index in [1.165, 1.54) is 121 Å². The highest BCUT2D eigenvalue weighted by atomic mass is 15.1. The van der Waals surface area contributed by atoms with Crippen molar-refractivity contribution in [1.82, 2.24) is 9.13 Å². The molecule has 0 bridgehead atoms. The number of benzene rings is 11. The maximum absolute atomic E-state index is 2.48. The second kappa shape index (κ2) is 15.3. The topological polar surface area (TPSA) is 13.1 Å². The van der Waals surface area contributed by atoms with E-state index in [1.54, 1.807) is 0 Å². The number of aromatic nitrogens is 2. The summed E-state index contributed by atoms with van der Waals surface area (Å²) in [5.74, 6) is 0. The van der Waals surface area contributed by atoms with Gasteiger partial charge in [0.25, 0.3) is 0 Å². The van der Waals surface area contributed by atoms with Gasteiger partial charge in [-0.15, -0.1) is 0 Å². The van der Waals surface area contributed by atoms with Crippen molar-refractivity contribution in [2.75, 3.05) is 4.90 Å². The van der Waals surface area contributed by atoms with E-state index in [4.69, 9.17) is 0 Å². The summed E-state index contributed by atoms with van der Waals surface area (Å²) in [5, 5.41) is 7.55. The fourth-order valence-electron chi connectivity index (χ4n) is 13.2. The van der Waals surface area contributed by atoms with Crippen LogP contribution in [0.25, 0.3) is 99.1 Å². The van der Waals surface area contributed by atoms with Gasteiger partial charge in [-0.1, -0.05) is 167 Å². The zero-order chi connectivity index (χ0) is 48.7. The van der Waals surface area contributed by atoms with E-state index in [1.807, 2.05) is 0 Å². The summed E-state index contributed by atoms with van der Waals surface area (Å²) < 4.78 is 4.89. The second-order valence-corrected chi connectivity index (χ2v) is 21.3. The van der Waals surface area contributed by atoms with Gasteiger partial charge in [0, 0.05) is 55.1 Å². The lowest BCUT2D eigenvalue weighted by atomic mass is 9.81. The maximum Gasteiger partial charge on any atom is 0.0547 e. The first-order chi connectivity index (χ1) is 35.7. The molecular formula is C70H51N3. The molecule has 11 aromatic carbocycles. The SMILES string of the molecule is CC1(C)c2ccccc2-c2cc3c4cc(-c5ccc(N(c6ccc(-n7c8ccccc8c8cc9ccccc9cc87)cc6)c6cccc7c6C(C)(C)c6ccccc6-7)cc5)ccc4n(-c4ccccc4)c3cc21. The van der Waals surface area contributed by atoms with Gasteiger partial charge in [-0.3, -0.25) is 0 Å². The van der Waals surface area contributed by atoms with E-state index in [0.29, 0.717) is 0 Å². The van der Waals surface area contributed by atoms with Crippen LogP contribution in [0.5, 0.6) is 0 Å². The summed E-state index contributed by atoms with van der Waals surface area (Å²) in [7, 11) is 0. The molecule has 2 heterocycles. The van der Waals surface area contributed by atoms with Crippen LogP contribution in [-0.4, -0.2) is 9.13 Å². The standard InChI is InChI=1S/C70H51N3/c1-69(2)60-25-13-11-22-53(60)56-42-59-58-40-47(31-38-64(58)72(67(59)43-62(56)69)48-19-6-5-7-20-48)44-29-32-49(33-30-44)71(65-28-16-24-55-52-21-10-14-26-61(52)70(3,4)68(55)65)50-34-36-51(37-35-50)73-63-27-15-12-23-54(63)57-39-45-17-8-9-18-46(45)41-66(57)73/h5-43H,1-4H3. The molecule has 2 aliphatic rings. The summed E-state index contributed by atoms with van der Waals surface area (Å²) in [5.41, 5.74) is 23.4. The Kier molecular flexibility index (Phi) is 8.76. The third kappa shape index (κ3) is 6.00. The van der Waals surface area contributed by atoms with E-state index < -0.39 is 0 Å². The number of fused-ring (bicyclic) bond motifs is 13. The van der Waals surface area contributed by atoms with Gasteiger partial charge in [0.2, 0.25) is 0 Å². The molecule has 15 rings (SSSR count). The second-order valence-electron chi connectivity index (χ2n) is 21.3. The number of anilines is 3. The van der Waals surface area contributed by atoms with E-state index in [2.05, 4.69) is 278 Å². The number of rotatable bonds is 6. The van der Waals surface area contributed by atoms with E-state index in [-0.39, 0.29) is 10.8 Å². The highest BCUT2D eigenvalue weighted by Gasteiger charge is 2.39. The van der Waals surface area contributed by atoms with Crippen molar-refractivity contribution in [3.05, 3.63) is 259 Å². The molecule has 0 aliphatic heterocycles. The molecule has 0 saturated heterocycles. The molecule has 0 amide bonds. The summed E-state index contributed by atoms with van der Waals surface area (Å²) in [6.45, 7) is 9.51. The van der Waals surface area contributed by atoms with Crippen LogP contribution in [0.2, 0.25) is 0 Å². The molecule has 2 aromatic heterocycles. The number of hydrogen-bond donors (Lipinski definition) is 0. The Balaban J connectivity index is 0.881. The number of nitrogens with zero attached hydrogens (tertiary/aromatic N) is 3. The first kappa shape index (κ1) is 41.8. The number of para-hydroxylation sites is 2. The molecule has 0 N–H and O–H groups in total. The van der Waals surface area contributed by atoms with Crippen LogP contribution in [0.3, 0.4) is 0 Å². The van der Waals surface area contributed by atoms with Crippen LogP contribution in [0, 0.1) is 0 Å². The molecule has 346 valence electrons. The van der Waals surface area contributed by atoms with Gasteiger partial charge in [-0.25, -0.2) is 0 Å². The largest absolute Gasteiger partial charge is 0.310 e. The quantitative estimate of drug-likeness (QED) is 0.162. The van der Waals surface area contributed by atoms with Crippen LogP contribution < -0.4 is 4.90 Å². The lowest BCUT2D eigenvalue weighted by molar-refractivity contribution is 0.660. The molecule has 0 spiro atoms. The summed E-state index contributed by atoms with van der Waals surface area (Å²) >= 11 is 0. The Morgan fingerprint density at radius 1 is 0.315 bits per heavy atom. The Labute approximate surface area is 425 Å². The molecule has 3 nitrogen and oxygen atoms in total. The Morgan fingerprint density at radius 2 is 0.849 bits per heavy atom. The predicted molar refractivity (Wildman–Crippen MR) is 308 cm³/mol. The maximum atomic E-state index is 2.48. The van der Waals surface area contributed by atoms with Gasteiger partial charge in [0.15, 0.2) is 0 Å². The van der Waals surface area contributed by atoms with Gasteiger partial charge in [0.1, 0.15) is 0 Å². The van der Waals surface area contributed by atoms with Crippen molar-refractivity contribution in [1.29, 1.82) is 0 Å². The molecule has 0 unspecified atom stereocenters. The molecule has 13 aromatic rings. The molecule has 0 radical (unpaired) electrons. The Morgan fingerprint density at radius 3 is 1.60 bits per heavy atom. The zero-order valence-electron chi connectivity index (χ0n) is 41.4. The van der Waals surface area contributed by atoms with Gasteiger partial charge >= 0.3 is 0 Å². The van der Waals surface area contributed by atoms with Crippen molar-refractivity contribution < 1.29 is 0 Å². The molecule has 73 heavy (non-hydrogen) atoms. The summed E-state index contributed by atoms with van der Waals surface area (Å²) in [6.07, 6.45) is 0. The highest BCUT2D eigenvalue weighted by Crippen LogP contribution is 2.55. The first-order valence-electron chi connectivity index (χ1n) is 25.7. The normalized spacial score (nSPS) is 14.0. The van der Waals surface area contributed by atoms with Gasteiger partial charge in [-0.05, 0) is 163 Å². The molecular weight excluding hydrogens is 883 g/mol. The molecule has 3 heteroatoms. The van der Waals surface area contributed by atoms with E-state index in [0.717, 1.165) is 17.1 Å². The van der Waals surface area contributed by atoms with Gasteiger partial charge < -0.3 is 14.0 Å². The van der Waals surface area contributed by atoms with Crippen LogP contribution in [-0.2, 0) is 10.8 Å². The van der Waals surface area contributed by atoms with Crippen molar-refractivity contribution in [2.24, 2.45) is 0 Å². The van der Waals surface area contributed by atoms with Crippen molar-refractivity contribution >= 4 is 71.4 Å². The Hall–Kier alpha value is -8.92. The fraction of sp³-hybridized carbons (Fsp3) is 0.0857.